The van der Waals surface area contributed by atoms with Crippen LogP contribution < -0.4 is 5.32 Å². The molecule has 1 aromatic rings. The lowest BCUT2D eigenvalue weighted by Gasteiger charge is -2.21. The summed E-state index contributed by atoms with van der Waals surface area (Å²) in [4.78, 5) is 1.37. The Kier molecular flexibility index (Phi) is 5.49. The molecule has 2 N–H and O–H groups in total. The van der Waals surface area contributed by atoms with Crippen molar-refractivity contribution < 1.29 is 5.11 Å². The Morgan fingerprint density at radius 3 is 2.84 bits per heavy atom. The number of aliphatic hydroxyl groups excluding tert-OH is 1. The van der Waals surface area contributed by atoms with Gasteiger partial charge in [0.2, 0.25) is 0 Å². The summed E-state index contributed by atoms with van der Waals surface area (Å²) in [5.41, 5.74) is 1.37. The maximum atomic E-state index is 9.17. The topological polar surface area (TPSA) is 32.3 Å². The zero-order valence-corrected chi connectivity index (χ0v) is 12.5. The summed E-state index contributed by atoms with van der Waals surface area (Å²) >= 11 is 1.90. The van der Waals surface area contributed by atoms with Gasteiger partial charge in [-0.05, 0) is 30.7 Å². The molecule has 2 rings (SSSR count). The van der Waals surface area contributed by atoms with Gasteiger partial charge >= 0.3 is 0 Å². The Balaban J connectivity index is 2.00. The fraction of sp³-hybridized carbons (Fsp3) is 0.500. The highest BCUT2D eigenvalue weighted by atomic mass is 32.2. The molecule has 0 heterocycles. The van der Waals surface area contributed by atoms with Crippen molar-refractivity contribution in [2.24, 2.45) is 5.92 Å². The molecule has 0 radical (unpaired) electrons. The van der Waals surface area contributed by atoms with E-state index in [2.05, 4.69) is 55.6 Å². The molecule has 0 aromatic heterocycles. The van der Waals surface area contributed by atoms with Gasteiger partial charge in [-0.2, -0.15) is 0 Å². The first-order valence-electron chi connectivity index (χ1n) is 7.01. The number of nitrogens with one attached hydrogen (secondary N) is 1. The average molecular weight is 277 g/mol. The van der Waals surface area contributed by atoms with Crippen LogP contribution in [0.2, 0.25) is 0 Å². The Morgan fingerprint density at radius 1 is 1.37 bits per heavy atom. The maximum Gasteiger partial charge on any atom is 0.0494 e. The second kappa shape index (κ2) is 7.13. The second-order valence-electron chi connectivity index (χ2n) is 5.03. The molecule has 1 aliphatic rings. The Hall–Kier alpha value is -0.770. The van der Waals surface area contributed by atoms with Crippen molar-refractivity contribution in [1.82, 2.24) is 5.32 Å². The molecule has 3 atom stereocenters. The van der Waals surface area contributed by atoms with Gasteiger partial charge in [-0.25, -0.2) is 0 Å². The van der Waals surface area contributed by atoms with Gasteiger partial charge in [-0.15, -0.1) is 11.8 Å². The van der Waals surface area contributed by atoms with E-state index in [9.17, 15) is 0 Å². The van der Waals surface area contributed by atoms with E-state index in [0.29, 0.717) is 18.0 Å². The molecule has 2 nitrogen and oxygen atoms in total. The lowest BCUT2D eigenvalue weighted by molar-refractivity contribution is 0.245. The van der Waals surface area contributed by atoms with E-state index in [-0.39, 0.29) is 6.61 Å². The van der Waals surface area contributed by atoms with E-state index in [0.717, 1.165) is 12.2 Å². The average Bonchev–Trinajstić information content (AvgIpc) is 2.87. The zero-order valence-electron chi connectivity index (χ0n) is 11.7. The van der Waals surface area contributed by atoms with E-state index < -0.39 is 0 Å². The zero-order chi connectivity index (χ0) is 13.7. The van der Waals surface area contributed by atoms with Gasteiger partial charge in [0.05, 0.1) is 0 Å². The van der Waals surface area contributed by atoms with Crippen molar-refractivity contribution in [3.8, 4) is 0 Å². The molecule has 0 bridgehead atoms. The Morgan fingerprint density at radius 2 is 2.16 bits per heavy atom. The van der Waals surface area contributed by atoms with Crippen LogP contribution in [-0.2, 0) is 0 Å². The van der Waals surface area contributed by atoms with Crippen molar-refractivity contribution in [1.29, 1.82) is 0 Å². The van der Waals surface area contributed by atoms with Gasteiger partial charge in [-0.3, -0.25) is 0 Å². The normalized spacial score (nSPS) is 23.7. The molecule has 0 aliphatic heterocycles. The summed E-state index contributed by atoms with van der Waals surface area (Å²) in [6.45, 7) is 4.66. The molecule has 1 aromatic carbocycles. The molecule has 0 spiro atoms. The SMILES string of the molecule is CCSc1ccccc1[C@H](C)N[C@@H]1C=C[C@H](CO)C1. The molecule has 3 heteroatoms. The minimum Gasteiger partial charge on any atom is -0.396 e. The lowest BCUT2D eigenvalue weighted by atomic mass is 10.1. The van der Waals surface area contributed by atoms with Gasteiger partial charge in [-0.1, -0.05) is 37.3 Å². The maximum absolute atomic E-state index is 9.17. The summed E-state index contributed by atoms with van der Waals surface area (Å²) in [7, 11) is 0. The minimum absolute atomic E-state index is 0.255. The third kappa shape index (κ3) is 3.85. The van der Waals surface area contributed by atoms with Gasteiger partial charge in [0, 0.05) is 29.5 Å². The first kappa shape index (κ1) is 14.6. The first-order chi connectivity index (χ1) is 9.24. The predicted molar refractivity (Wildman–Crippen MR) is 82.5 cm³/mol. The molecule has 1 aliphatic carbocycles. The van der Waals surface area contributed by atoms with Crippen LogP contribution in [0.3, 0.4) is 0 Å². The highest BCUT2D eigenvalue weighted by molar-refractivity contribution is 7.99. The first-order valence-corrected chi connectivity index (χ1v) is 8.00. The standard InChI is InChI=1S/C16H23NOS/c1-3-19-16-7-5-4-6-15(16)12(2)17-14-9-8-13(10-14)11-18/h4-9,12-14,17-18H,3,10-11H2,1-2H3/t12-,13-,14+/m0/s1. The molecule has 0 saturated carbocycles. The van der Waals surface area contributed by atoms with E-state index in [4.69, 9.17) is 5.11 Å². The van der Waals surface area contributed by atoms with Gasteiger partial charge in [0.25, 0.3) is 0 Å². The van der Waals surface area contributed by atoms with Crippen LogP contribution in [0.1, 0.15) is 31.9 Å². The second-order valence-corrected chi connectivity index (χ2v) is 6.33. The number of thioether (sulfide) groups is 1. The van der Waals surface area contributed by atoms with E-state index in [1.165, 1.54) is 10.5 Å². The molecule has 0 amide bonds. The summed E-state index contributed by atoms with van der Waals surface area (Å²) in [6, 6.07) is 9.33. The number of aliphatic hydroxyl groups is 1. The van der Waals surface area contributed by atoms with Crippen LogP contribution >= 0.6 is 11.8 Å². The van der Waals surface area contributed by atoms with Crippen molar-refractivity contribution in [3.05, 3.63) is 42.0 Å². The summed E-state index contributed by atoms with van der Waals surface area (Å²) < 4.78 is 0. The summed E-state index contributed by atoms with van der Waals surface area (Å²) in [5, 5.41) is 12.8. The van der Waals surface area contributed by atoms with Crippen molar-refractivity contribution in [2.75, 3.05) is 12.4 Å². The fourth-order valence-corrected chi connectivity index (χ4v) is 3.47. The van der Waals surface area contributed by atoms with E-state index in [1.807, 2.05) is 11.8 Å². The third-order valence-corrected chi connectivity index (χ3v) is 4.53. The number of hydrogen-bond acceptors (Lipinski definition) is 3. The summed E-state index contributed by atoms with van der Waals surface area (Å²) in [6.07, 6.45) is 5.31. The van der Waals surface area contributed by atoms with Crippen LogP contribution in [0, 0.1) is 5.92 Å². The number of rotatable bonds is 6. The fourth-order valence-electron chi connectivity index (χ4n) is 2.57. The third-order valence-electron chi connectivity index (χ3n) is 3.56. The molecule has 0 fully saturated rings. The monoisotopic (exact) mass is 277 g/mol. The quantitative estimate of drug-likeness (QED) is 0.617. The van der Waals surface area contributed by atoms with Crippen LogP contribution in [-0.4, -0.2) is 23.5 Å². The van der Waals surface area contributed by atoms with Crippen LogP contribution in [0.25, 0.3) is 0 Å². The largest absolute Gasteiger partial charge is 0.396 e. The van der Waals surface area contributed by atoms with Crippen LogP contribution in [0.5, 0.6) is 0 Å². The molecule has 104 valence electrons. The smallest absolute Gasteiger partial charge is 0.0494 e. The lowest BCUT2D eigenvalue weighted by Crippen LogP contribution is -2.29. The van der Waals surface area contributed by atoms with Crippen LogP contribution in [0.15, 0.2) is 41.3 Å². The number of hydrogen-bond donors (Lipinski definition) is 2. The van der Waals surface area contributed by atoms with E-state index in [1.54, 1.807) is 0 Å². The highest BCUT2D eigenvalue weighted by Gasteiger charge is 2.20. The van der Waals surface area contributed by atoms with Gasteiger partial charge < -0.3 is 10.4 Å². The minimum atomic E-state index is 0.255. The van der Waals surface area contributed by atoms with Crippen LogP contribution in [0.4, 0.5) is 0 Å². The molecule has 0 unspecified atom stereocenters. The van der Waals surface area contributed by atoms with Crippen molar-refractivity contribution in [2.45, 2.75) is 37.2 Å². The summed E-state index contributed by atoms with van der Waals surface area (Å²) in [5.74, 6) is 1.42. The van der Waals surface area contributed by atoms with Gasteiger partial charge in [0.15, 0.2) is 0 Å². The molecular weight excluding hydrogens is 254 g/mol. The van der Waals surface area contributed by atoms with Gasteiger partial charge in [0.1, 0.15) is 0 Å². The predicted octanol–water partition coefficient (Wildman–Crippen LogP) is 3.39. The van der Waals surface area contributed by atoms with Crippen molar-refractivity contribution in [3.63, 3.8) is 0 Å². The molecular formula is C16H23NOS. The molecule has 0 saturated heterocycles. The highest BCUT2D eigenvalue weighted by Crippen LogP contribution is 2.28. The van der Waals surface area contributed by atoms with Crippen molar-refractivity contribution >= 4 is 11.8 Å². The Labute approximate surface area is 120 Å². The van der Waals surface area contributed by atoms with E-state index >= 15 is 0 Å². The molecule has 19 heavy (non-hydrogen) atoms. The Bertz CT molecular complexity index is 433. The number of benzene rings is 1.